The number of imide groups is 1. The number of likely N-dealkylation sites (N-methyl/N-ethyl adjacent to an activating group) is 1. The van der Waals surface area contributed by atoms with Crippen molar-refractivity contribution in [3.8, 4) is 0 Å². The zero-order chi connectivity index (χ0) is 22.8. The molecule has 0 radical (unpaired) electrons. The Morgan fingerprint density at radius 2 is 1.84 bits per heavy atom. The summed E-state index contributed by atoms with van der Waals surface area (Å²) < 4.78 is 5.17. The van der Waals surface area contributed by atoms with Gasteiger partial charge in [-0.3, -0.25) is 19.3 Å². The number of carbonyl (C=O) groups excluding carboxylic acids is 4. The molecule has 174 valence electrons. The molecule has 0 bridgehead atoms. The smallest absolute Gasteiger partial charge is 0.326 e. The Balaban J connectivity index is 1.56. The third-order valence-electron chi connectivity index (χ3n) is 6.94. The largest absolute Gasteiger partial charge is 0.454 e. The minimum atomic E-state index is -0.950. The molecule has 8 heteroatoms. The maximum atomic E-state index is 13.1. The van der Waals surface area contributed by atoms with Crippen LogP contribution in [0.1, 0.15) is 79.1 Å². The summed E-state index contributed by atoms with van der Waals surface area (Å²) in [5.74, 6) is -1.04. The number of amides is 4. The van der Waals surface area contributed by atoms with Gasteiger partial charge in [0.2, 0.25) is 0 Å². The highest BCUT2D eigenvalue weighted by molar-refractivity contribution is 6.08. The van der Waals surface area contributed by atoms with E-state index in [-0.39, 0.29) is 35.8 Å². The molecule has 0 aromatic heterocycles. The molecular weight excluding hydrogens is 398 g/mol. The van der Waals surface area contributed by atoms with E-state index in [2.05, 4.69) is 26.1 Å². The monoisotopic (exact) mass is 435 g/mol. The van der Waals surface area contributed by atoms with Gasteiger partial charge in [-0.1, -0.05) is 40.0 Å². The molecule has 3 fully saturated rings. The number of ether oxygens (including phenoxy) is 1. The van der Waals surface area contributed by atoms with E-state index in [0.29, 0.717) is 19.4 Å². The standard InChI is InChI=1S/C23H37N3O5/c1-5-25(17-9-7-6-8-10-17)18(27)14-31-19(28)13-26-20(29)23(24-21(26)30)12-16(2)11-22(3,4)15-23/h16-17H,5-15H2,1-4H3,(H,24,30)/t16-,23+/m1/s1. The van der Waals surface area contributed by atoms with Crippen molar-refractivity contribution >= 4 is 23.8 Å². The van der Waals surface area contributed by atoms with Crippen molar-refractivity contribution in [1.29, 1.82) is 0 Å². The van der Waals surface area contributed by atoms with E-state index in [1.807, 2.05) is 6.92 Å². The van der Waals surface area contributed by atoms with Crippen molar-refractivity contribution in [2.45, 2.75) is 90.6 Å². The van der Waals surface area contributed by atoms with Crippen LogP contribution in [0.15, 0.2) is 0 Å². The molecule has 0 unspecified atom stereocenters. The van der Waals surface area contributed by atoms with E-state index in [1.54, 1.807) is 4.90 Å². The van der Waals surface area contributed by atoms with Crippen LogP contribution in [0.3, 0.4) is 0 Å². The van der Waals surface area contributed by atoms with Crippen molar-refractivity contribution in [2.24, 2.45) is 11.3 Å². The van der Waals surface area contributed by atoms with Gasteiger partial charge >= 0.3 is 12.0 Å². The molecule has 2 saturated carbocycles. The molecule has 3 rings (SSSR count). The quantitative estimate of drug-likeness (QED) is 0.511. The zero-order valence-electron chi connectivity index (χ0n) is 19.4. The molecule has 1 saturated heterocycles. The Morgan fingerprint density at radius 1 is 1.16 bits per heavy atom. The van der Waals surface area contributed by atoms with Gasteiger partial charge in [-0.15, -0.1) is 0 Å². The van der Waals surface area contributed by atoms with Crippen LogP contribution in [-0.2, 0) is 19.1 Å². The van der Waals surface area contributed by atoms with E-state index in [0.717, 1.165) is 37.0 Å². The van der Waals surface area contributed by atoms with E-state index in [4.69, 9.17) is 4.74 Å². The van der Waals surface area contributed by atoms with Gasteiger partial charge in [0.05, 0.1) is 0 Å². The molecule has 0 aromatic rings. The number of hydrogen-bond donors (Lipinski definition) is 1. The summed E-state index contributed by atoms with van der Waals surface area (Å²) in [6.07, 6.45) is 7.47. The summed E-state index contributed by atoms with van der Waals surface area (Å²) in [5, 5.41) is 2.85. The Labute approximate surface area is 185 Å². The Hall–Kier alpha value is -2.12. The number of carbonyl (C=O) groups is 4. The normalized spacial score (nSPS) is 28.5. The van der Waals surface area contributed by atoms with E-state index < -0.39 is 24.1 Å². The average Bonchev–Trinajstić information content (AvgIpc) is 2.89. The number of nitrogens with one attached hydrogen (secondary N) is 1. The molecule has 4 amide bonds. The molecule has 2 atom stereocenters. The number of esters is 1. The summed E-state index contributed by atoms with van der Waals surface area (Å²) in [6, 6.07) is -0.358. The van der Waals surface area contributed by atoms with E-state index in [1.165, 1.54) is 6.42 Å². The van der Waals surface area contributed by atoms with Crippen LogP contribution in [0.5, 0.6) is 0 Å². The maximum Gasteiger partial charge on any atom is 0.326 e. The van der Waals surface area contributed by atoms with Crippen LogP contribution in [0.4, 0.5) is 4.79 Å². The number of rotatable bonds is 6. The Bertz CT molecular complexity index is 731. The third kappa shape index (κ3) is 5.21. The lowest BCUT2D eigenvalue weighted by Crippen LogP contribution is -2.54. The van der Waals surface area contributed by atoms with Crippen molar-refractivity contribution in [1.82, 2.24) is 15.1 Å². The molecule has 0 aromatic carbocycles. The molecule has 31 heavy (non-hydrogen) atoms. The van der Waals surface area contributed by atoms with Gasteiger partial charge in [0.1, 0.15) is 12.1 Å². The zero-order valence-corrected chi connectivity index (χ0v) is 19.4. The first-order valence-corrected chi connectivity index (χ1v) is 11.7. The second-order valence-corrected chi connectivity index (χ2v) is 10.4. The van der Waals surface area contributed by atoms with Crippen LogP contribution in [0.2, 0.25) is 0 Å². The first kappa shape index (κ1) is 23.5. The summed E-state index contributed by atoms with van der Waals surface area (Å²) in [7, 11) is 0. The first-order chi connectivity index (χ1) is 14.6. The van der Waals surface area contributed by atoms with Crippen molar-refractivity contribution in [3.63, 3.8) is 0 Å². The van der Waals surface area contributed by atoms with Gasteiger partial charge in [-0.05, 0) is 50.4 Å². The maximum absolute atomic E-state index is 13.1. The summed E-state index contributed by atoms with van der Waals surface area (Å²) in [4.78, 5) is 53.3. The number of urea groups is 1. The van der Waals surface area contributed by atoms with Gasteiger partial charge < -0.3 is 15.0 Å². The molecule has 1 aliphatic heterocycles. The molecular formula is C23H37N3O5. The fourth-order valence-corrected chi connectivity index (χ4v) is 6.08. The second-order valence-electron chi connectivity index (χ2n) is 10.4. The van der Waals surface area contributed by atoms with Crippen LogP contribution in [-0.4, -0.2) is 64.9 Å². The predicted octanol–water partition coefficient (Wildman–Crippen LogP) is 2.85. The Kier molecular flexibility index (Phi) is 6.96. The van der Waals surface area contributed by atoms with Crippen molar-refractivity contribution < 1.29 is 23.9 Å². The van der Waals surface area contributed by atoms with Crippen LogP contribution >= 0.6 is 0 Å². The van der Waals surface area contributed by atoms with E-state index in [9.17, 15) is 19.2 Å². The lowest BCUT2D eigenvalue weighted by atomic mass is 9.64. The third-order valence-corrected chi connectivity index (χ3v) is 6.94. The topological polar surface area (TPSA) is 96.0 Å². The Morgan fingerprint density at radius 3 is 2.45 bits per heavy atom. The lowest BCUT2D eigenvalue weighted by molar-refractivity contribution is -0.155. The molecule has 3 aliphatic rings. The highest BCUT2D eigenvalue weighted by atomic mass is 16.5. The van der Waals surface area contributed by atoms with Crippen LogP contribution in [0.25, 0.3) is 0 Å². The fraction of sp³-hybridized carbons (Fsp3) is 0.826. The lowest BCUT2D eigenvalue weighted by Gasteiger charge is -2.43. The molecule has 1 N–H and O–H groups in total. The van der Waals surface area contributed by atoms with Gasteiger partial charge in [0.15, 0.2) is 6.61 Å². The minimum Gasteiger partial charge on any atom is -0.454 e. The van der Waals surface area contributed by atoms with Crippen molar-refractivity contribution in [3.05, 3.63) is 0 Å². The summed E-state index contributed by atoms with van der Waals surface area (Å²) >= 11 is 0. The summed E-state index contributed by atoms with van der Waals surface area (Å²) in [5.41, 5.74) is -1.03. The second kappa shape index (κ2) is 9.17. The van der Waals surface area contributed by atoms with Gasteiger partial charge in [0, 0.05) is 12.6 Å². The first-order valence-electron chi connectivity index (χ1n) is 11.7. The predicted molar refractivity (Wildman–Crippen MR) is 115 cm³/mol. The number of nitrogens with zero attached hydrogens (tertiary/aromatic N) is 2. The number of hydrogen-bond acceptors (Lipinski definition) is 5. The highest BCUT2D eigenvalue weighted by Crippen LogP contribution is 2.46. The minimum absolute atomic E-state index is 0.0771. The molecule has 2 aliphatic carbocycles. The van der Waals surface area contributed by atoms with Gasteiger partial charge in [-0.2, -0.15) is 0 Å². The van der Waals surface area contributed by atoms with E-state index >= 15 is 0 Å². The van der Waals surface area contributed by atoms with Gasteiger partial charge in [0.25, 0.3) is 11.8 Å². The molecule has 1 heterocycles. The fourth-order valence-electron chi connectivity index (χ4n) is 6.08. The van der Waals surface area contributed by atoms with Crippen molar-refractivity contribution in [2.75, 3.05) is 19.7 Å². The highest BCUT2D eigenvalue weighted by Gasteiger charge is 2.56. The van der Waals surface area contributed by atoms with Crippen LogP contribution in [0, 0.1) is 11.3 Å². The van der Waals surface area contributed by atoms with Gasteiger partial charge in [-0.25, -0.2) is 4.79 Å². The van der Waals surface area contributed by atoms with Crippen LogP contribution < -0.4 is 5.32 Å². The SMILES string of the molecule is CCN(C(=O)COC(=O)CN1C(=O)N[C@]2(C[C@H](C)CC(C)(C)C2)C1=O)C1CCCCC1. The average molecular weight is 436 g/mol. The molecule has 8 nitrogen and oxygen atoms in total. The summed E-state index contributed by atoms with van der Waals surface area (Å²) in [6.45, 7) is 7.94. The molecule has 1 spiro atoms.